The smallest absolute Gasteiger partial charge is 0.212 e. The van der Waals surface area contributed by atoms with Crippen LogP contribution in [0, 0.1) is 0 Å². The van der Waals surface area contributed by atoms with Gasteiger partial charge in [0, 0.05) is 18.2 Å². The van der Waals surface area contributed by atoms with Crippen molar-refractivity contribution < 1.29 is 22.6 Å². The number of primary sulfonamides is 1. The third kappa shape index (κ3) is 4.92. The van der Waals surface area contributed by atoms with Crippen LogP contribution < -0.4 is 19.3 Å². The molecule has 0 heterocycles. The quantitative estimate of drug-likeness (QED) is 0.799. The van der Waals surface area contributed by atoms with Crippen LogP contribution in [0.1, 0.15) is 0 Å². The topological polar surface area (TPSA) is 87.8 Å². The largest absolute Gasteiger partial charge is 0.496 e. The van der Waals surface area contributed by atoms with E-state index in [-0.39, 0.29) is 12.4 Å². The highest BCUT2D eigenvalue weighted by molar-refractivity contribution is 7.89. The number of sulfonamides is 1. The van der Waals surface area contributed by atoms with Crippen LogP contribution in [0.4, 0.5) is 0 Å². The number of nitrogens with two attached hydrogens (primary N) is 1. The molecule has 0 aliphatic carbocycles. The molecule has 1 rings (SSSR count). The van der Waals surface area contributed by atoms with Crippen LogP contribution in [0.2, 0.25) is 0 Å². The molecule has 0 amide bonds. The lowest BCUT2D eigenvalue weighted by Crippen LogP contribution is -2.21. The van der Waals surface area contributed by atoms with Crippen LogP contribution in [0.3, 0.4) is 0 Å². The molecule has 1 aromatic rings. The lowest BCUT2D eigenvalue weighted by atomic mass is 10.3. The Morgan fingerprint density at radius 1 is 1.06 bits per heavy atom. The lowest BCUT2D eigenvalue weighted by molar-refractivity contribution is 0.331. The van der Waals surface area contributed by atoms with Crippen LogP contribution in [-0.4, -0.2) is 35.0 Å². The molecule has 7 heteroatoms. The van der Waals surface area contributed by atoms with Gasteiger partial charge in [0.25, 0.3) is 0 Å². The van der Waals surface area contributed by atoms with Crippen molar-refractivity contribution in [3.05, 3.63) is 18.2 Å². The van der Waals surface area contributed by atoms with Gasteiger partial charge in [-0.3, -0.25) is 0 Å². The SMILES string of the molecule is COc1cc(OC)cc(OCCS(N)(=O)=O)c1. The summed E-state index contributed by atoms with van der Waals surface area (Å²) in [7, 11) is -0.480. The molecule has 96 valence electrons. The Kier molecular flexibility index (Phi) is 4.59. The molecular weight excluding hydrogens is 246 g/mol. The Hall–Kier alpha value is -1.47. The summed E-state index contributed by atoms with van der Waals surface area (Å²) < 4.78 is 36.8. The Labute approximate surface area is 100 Å². The summed E-state index contributed by atoms with van der Waals surface area (Å²) in [6.07, 6.45) is 0. The van der Waals surface area contributed by atoms with Gasteiger partial charge in [0.1, 0.15) is 23.9 Å². The number of hydrogen-bond acceptors (Lipinski definition) is 5. The zero-order valence-electron chi connectivity index (χ0n) is 9.67. The van der Waals surface area contributed by atoms with Gasteiger partial charge in [-0.25, -0.2) is 13.6 Å². The summed E-state index contributed by atoms with van der Waals surface area (Å²) in [5.41, 5.74) is 0. The molecule has 0 spiro atoms. The van der Waals surface area contributed by atoms with Crippen LogP contribution in [0.25, 0.3) is 0 Å². The summed E-state index contributed by atoms with van der Waals surface area (Å²) in [5, 5.41) is 4.85. The van der Waals surface area contributed by atoms with Gasteiger partial charge < -0.3 is 14.2 Å². The van der Waals surface area contributed by atoms with Crippen molar-refractivity contribution in [1.82, 2.24) is 0 Å². The monoisotopic (exact) mass is 261 g/mol. The van der Waals surface area contributed by atoms with E-state index in [1.54, 1.807) is 18.2 Å². The minimum absolute atomic E-state index is 0.0187. The highest BCUT2D eigenvalue weighted by atomic mass is 32.2. The van der Waals surface area contributed by atoms with Gasteiger partial charge in [0.15, 0.2) is 0 Å². The second-order valence-corrected chi connectivity index (χ2v) is 5.00. The summed E-state index contributed by atoms with van der Waals surface area (Å²) in [6.45, 7) is -0.0187. The van der Waals surface area contributed by atoms with Gasteiger partial charge in [-0.05, 0) is 0 Å². The molecule has 0 saturated carbocycles. The summed E-state index contributed by atoms with van der Waals surface area (Å²) >= 11 is 0. The van der Waals surface area contributed by atoms with Crippen molar-refractivity contribution >= 4 is 10.0 Å². The maximum atomic E-state index is 10.7. The predicted octanol–water partition coefficient (Wildman–Crippen LogP) is 0.371. The van der Waals surface area contributed by atoms with E-state index in [9.17, 15) is 8.42 Å². The summed E-state index contributed by atoms with van der Waals surface area (Å²) in [6, 6.07) is 4.95. The number of hydrogen-bond donors (Lipinski definition) is 1. The van der Waals surface area contributed by atoms with Gasteiger partial charge >= 0.3 is 0 Å². The Morgan fingerprint density at radius 2 is 1.53 bits per heavy atom. The Bertz CT molecular complexity index is 449. The first-order chi connectivity index (χ1) is 7.94. The minimum Gasteiger partial charge on any atom is -0.496 e. The third-order valence-electron chi connectivity index (χ3n) is 1.96. The molecule has 17 heavy (non-hydrogen) atoms. The number of benzene rings is 1. The van der Waals surface area contributed by atoms with Gasteiger partial charge in [0.05, 0.1) is 20.0 Å². The molecule has 6 nitrogen and oxygen atoms in total. The fourth-order valence-corrected chi connectivity index (χ4v) is 1.46. The van der Waals surface area contributed by atoms with E-state index in [2.05, 4.69) is 0 Å². The van der Waals surface area contributed by atoms with E-state index in [0.29, 0.717) is 17.2 Å². The van der Waals surface area contributed by atoms with Crippen LogP contribution in [0.5, 0.6) is 17.2 Å². The maximum absolute atomic E-state index is 10.7. The van der Waals surface area contributed by atoms with Crippen LogP contribution in [-0.2, 0) is 10.0 Å². The minimum atomic E-state index is -3.51. The molecule has 0 fully saturated rings. The van der Waals surface area contributed by atoms with Crippen molar-refractivity contribution in [1.29, 1.82) is 0 Å². The first-order valence-corrected chi connectivity index (χ1v) is 6.52. The van der Waals surface area contributed by atoms with Crippen LogP contribution >= 0.6 is 0 Å². The van der Waals surface area contributed by atoms with E-state index in [0.717, 1.165) is 0 Å². The van der Waals surface area contributed by atoms with Gasteiger partial charge in [-0.15, -0.1) is 0 Å². The summed E-state index contributed by atoms with van der Waals surface area (Å²) in [5.74, 6) is 1.35. The molecular formula is C10H15NO5S. The first kappa shape index (κ1) is 13.6. The summed E-state index contributed by atoms with van der Waals surface area (Å²) in [4.78, 5) is 0. The number of ether oxygens (including phenoxy) is 3. The van der Waals surface area contributed by atoms with Crippen molar-refractivity contribution in [2.75, 3.05) is 26.6 Å². The second-order valence-electron chi connectivity index (χ2n) is 3.26. The molecule has 0 bridgehead atoms. The third-order valence-corrected chi connectivity index (χ3v) is 2.70. The lowest BCUT2D eigenvalue weighted by Gasteiger charge is -2.09. The molecule has 0 radical (unpaired) electrons. The highest BCUT2D eigenvalue weighted by Gasteiger charge is 2.05. The highest BCUT2D eigenvalue weighted by Crippen LogP contribution is 2.27. The molecule has 0 aliphatic heterocycles. The van der Waals surface area contributed by atoms with Gasteiger partial charge in [0.2, 0.25) is 10.0 Å². The normalized spacial score (nSPS) is 11.0. The van der Waals surface area contributed by atoms with E-state index in [1.165, 1.54) is 14.2 Å². The second kappa shape index (κ2) is 5.74. The van der Waals surface area contributed by atoms with Crippen molar-refractivity contribution in [2.24, 2.45) is 5.14 Å². The average Bonchev–Trinajstić information content (AvgIpc) is 2.26. The predicted molar refractivity (Wildman–Crippen MR) is 63.0 cm³/mol. The fraction of sp³-hybridized carbons (Fsp3) is 0.400. The molecule has 0 aliphatic rings. The average molecular weight is 261 g/mol. The van der Waals surface area contributed by atoms with Crippen molar-refractivity contribution in [3.63, 3.8) is 0 Å². The molecule has 0 aromatic heterocycles. The number of rotatable bonds is 6. The Morgan fingerprint density at radius 3 is 1.94 bits per heavy atom. The van der Waals surface area contributed by atoms with E-state index in [1.807, 2.05) is 0 Å². The number of methoxy groups -OCH3 is 2. The molecule has 0 saturated heterocycles. The van der Waals surface area contributed by atoms with Gasteiger partial charge in [-0.1, -0.05) is 0 Å². The molecule has 0 unspecified atom stereocenters. The van der Waals surface area contributed by atoms with Crippen molar-refractivity contribution in [2.45, 2.75) is 0 Å². The molecule has 0 atom stereocenters. The zero-order chi connectivity index (χ0) is 12.9. The first-order valence-electron chi connectivity index (χ1n) is 4.81. The van der Waals surface area contributed by atoms with Crippen molar-refractivity contribution in [3.8, 4) is 17.2 Å². The van der Waals surface area contributed by atoms with Gasteiger partial charge in [-0.2, -0.15) is 0 Å². The maximum Gasteiger partial charge on any atom is 0.212 e. The zero-order valence-corrected chi connectivity index (χ0v) is 10.5. The fourth-order valence-electron chi connectivity index (χ4n) is 1.14. The van der Waals surface area contributed by atoms with E-state index >= 15 is 0 Å². The Balaban J connectivity index is 2.70. The molecule has 1 aromatic carbocycles. The standard InChI is InChI=1S/C10H15NO5S/c1-14-8-5-9(15-2)7-10(6-8)16-3-4-17(11,12)13/h5-7H,3-4H2,1-2H3,(H2,11,12,13). The van der Waals surface area contributed by atoms with E-state index in [4.69, 9.17) is 19.3 Å². The van der Waals surface area contributed by atoms with Crippen LogP contribution in [0.15, 0.2) is 18.2 Å². The van der Waals surface area contributed by atoms with E-state index < -0.39 is 10.0 Å². The molecule has 2 N–H and O–H groups in total.